The normalized spacial score (nSPS) is 18.9. The van der Waals surface area contributed by atoms with Crippen LogP contribution in [-0.4, -0.2) is 80.7 Å². The quantitative estimate of drug-likeness (QED) is 0.307. The summed E-state index contributed by atoms with van der Waals surface area (Å²) in [6.07, 6.45) is -0.493. The van der Waals surface area contributed by atoms with Gasteiger partial charge in [-0.25, -0.2) is 27.7 Å². The molecule has 1 saturated heterocycles. The highest BCUT2D eigenvalue weighted by Gasteiger charge is 2.47. The Balaban J connectivity index is 1.45. The van der Waals surface area contributed by atoms with Crippen LogP contribution in [0.15, 0.2) is 23.1 Å². The molecule has 2 fully saturated rings. The van der Waals surface area contributed by atoms with E-state index in [4.69, 9.17) is 9.37 Å². The Labute approximate surface area is 242 Å². The van der Waals surface area contributed by atoms with Crippen LogP contribution in [0.1, 0.15) is 85.0 Å². The Morgan fingerprint density at radius 2 is 2.02 bits per heavy atom. The van der Waals surface area contributed by atoms with Crippen molar-refractivity contribution in [3.63, 3.8) is 0 Å². The first-order valence-electron chi connectivity index (χ1n) is 13.7. The van der Waals surface area contributed by atoms with Gasteiger partial charge in [0.2, 0.25) is 0 Å². The van der Waals surface area contributed by atoms with Crippen molar-refractivity contribution in [3.8, 4) is 0 Å². The fourth-order valence-electron chi connectivity index (χ4n) is 4.86. The van der Waals surface area contributed by atoms with Crippen LogP contribution in [0.2, 0.25) is 0 Å². The summed E-state index contributed by atoms with van der Waals surface area (Å²) in [7, 11) is 1.36. The van der Waals surface area contributed by atoms with Crippen molar-refractivity contribution in [2.24, 2.45) is 5.41 Å². The molecule has 3 amide bonds. The molecular formula is C26H31F5N8O4. The molecule has 0 bridgehead atoms. The molecular weight excluding hydrogens is 583 g/mol. The average Bonchev–Trinajstić information content (AvgIpc) is 3.49. The SMILES string of the molecule is COCC(c1cnn2cc(C(CCC(C)(C)C(F)(F)F)NC(=O)c3nonc3C3CC3)nc2c1)N1CC(F)(F)CNC1=O. The minimum absolute atomic E-state index is 0.0363. The summed E-state index contributed by atoms with van der Waals surface area (Å²) in [5, 5.41) is 16.7. The number of aromatic nitrogens is 5. The molecule has 5 rings (SSSR count). The van der Waals surface area contributed by atoms with E-state index in [9.17, 15) is 31.5 Å². The number of alkyl halides is 5. The smallest absolute Gasteiger partial charge is 0.382 e. The first kappa shape index (κ1) is 30.6. The maximum Gasteiger partial charge on any atom is 0.393 e. The number of nitrogens with zero attached hydrogens (tertiary/aromatic N) is 6. The standard InChI is InChI=1S/C26H31F5N8O4/c1-24(2,26(29,30)31)7-6-16(35-22(40)21-20(14-4-5-14)36-43-37-21)17-10-39-19(34-17)8-15(9-33-39)18(11-42-3)38-13-25(27,28)12-32-23(38)41/h8-10,14,16,18H,4-7,11-13H2,1-3H3,(H,32,41)(H,35,40). The number of amides is 3. The van der Waals surface area contributed by atoms with Crippen LogP contribution in [0.3, 0.4) is 0 Å². The predicted octanol–water partition coefficient (Wildman–Crippen LogP) is 4.18. The van der Waals surface area contributed by atoms with Gasteiger partial charge in [-0.05, 0) is 36.9 Å². The first-order chi connectivity index (χ1) is 20.2. The topological polar surface area (TPSA) is 140 Å². The van der Waals surface area contributed by atoms with Crippen LogP contribution < -0.4 is 10.6 Å². The zero-order valence-electron chi connectivity index (χ0n) is 23.6. The lowest BCUT2D eigenvalue weighted by Crippen LogP contribution is -2.58. The largest absolute Gasteiger partial charge is 0.393 e. The second-order valence-electron chi connectivity index (χ2n) is 11.6. The van der Waals surface area contributed by atoms with Crippen LogP contribution in [0.4, 0.5) is 26.7 Å². The van der Waals surface area contributed by atoms with Crippen LogP contribution in [-0.2, 0) is 4.74 Å². The molecule has 12 nitrogen and oxygen atoms in total. The van der Waals surface area contributed by atoms with Crippen molar-refractivity contribution in [2.45, 2.75) is 69.6 Å². The molecule has 234 valence electrons. The number of hydrogen-bond acceptors (Lipinski definition) is 8. The molecule has 3 aromatic rings. The number of imidazole rings is 1. The summed E-state index contributed by atoms with van der Waals surface area (Å²) >= 11 is 0. The van der Waals surface area contributed by atoms with Gasteiger partial charge in [-0.1, -0.05) is 19.0 Å². The van der Waals surface area contributed by atoms with Crippen molar-refractivity contribution < 1.29 is 40.9 Å². The molecule has 2 atom stereocenters. The number of urea groups is 1. The highest BCUT2D eigenvalue weighted by atomic mass is 19.4. The average molecular weight is 615 g/mol. The third kappa shape index (κ3) is 6.55. The van der Waals surface area contributed by atoms with E-state index in [0.717, 1.165) is 31.6 Å². The van der Waals surface area contributed by atoms with Gasteiger partial charge in [0.05, 0.1) is 55.3 Å². The number of ether oxygens (including phenoxy) is 1. The number of carbonyl (C=O) groups excluding carboxylic acids is 2. The lowest BCUT2D eigenvalue weighted by Gasteiger charge is -2.38. The van der Waals surface area contributed by atoms with Crippen LogP contribution in [0.25, 0.3) is 5.65 Å². The van der Waals surface area contributed by atoms with Gasteiger partial charge in [-0.15, -0.1) is 0 Å². The summed E-state index contributed by atoms with van der Waals surface area (Å²) in [6.45, 7) is 0.419. The van der Waals surface area contributed by atoms with E-state index < -0.39 is 54.6 Å². The van der Waals surface area contributed by atoms with E-state index in [0.29, 0.717) is 11.3 Å². The molecule has 4 heterocycles. The van der Waals surface area contributed by atoms with Gasteiger partial charge in [0.15, 0.2) is 11.3 Å². The van der Waals surface area contributed by atoms with Crippen LogP contribution in [0.5, 0.6) is 0 Å². The zero-order valence-corrected chi connectivity index (χ0v) is 23.6. The molecule has 0 aromatic carbocycles. The van der Waals surface area contributed by atoms with Gasteiger partial charge in [-0.3, -0.25) is 4.79 Å². The van der Waals surface area contributed by atoms with E-state index in [-0.39, 0.29) is 42.4 Å². The molecule has 1 aliphatic heterocycles. The van der Waals surface area contributed by atoms with Gasteiger partial charge in [0, 0.05) is 18.6 Å². The number of nitrogens with one attached hydrogen (secondary N) is 2. The van der Waals surface area contributed by atoms with Gasteiger partial charge in [0.25, 0.3) is 11.8 Å². The van der Waals surface area contributed by atoms with Crippen molar-refractivity contribution in [3.05, 3.63) is 41.1 Å². The maximum absolute atomic E-state index is 14.1. The highest BCUT2D eigenvalue weighted by Crippen LogP contribution is 2.43. The summed E-state index contributed by atoms with van der Waals surface area (Å²) in [5.41, 5.74) is -0.921. The summed E-state index contributed by atoms with van der Waals surface area (Å²) < 4.78 is 80.6. The number of rotatable bonds is 11. The minimum atomic E-state index is -4.49. The monoisotopic (exact) mass is 614 g/mol. The van der Waals surface area contributed by atoms with Gasteiger partial charge >= 0.3 is 12.2 Å². The zero-order chi connectivity index (χ0) is 31.2. The molecule has 2 N–H and O–H groups in total. The highest BCUT2D eigenvalue weighted by molar-refractivity contribution is 5.93. The molecule has 2 aliphatic rings. The second-order valence-corrected chi connectivity index (χ2v) is 11.6. The Hall–Kier alpha value is -3.89. The maximum atomic E-state index is 14.1. The van der Waals surface area contributed by atoms with E-state index in [1.165, 1.54) is 30.1 Å². The van der Waals surface area contributed by atoms with Crippen molar-refractivity contribution in [1.82, 2.24) is 40.4 Å². The summed E-state index contributed by atoms with van der Waals surface area (Å²) in [5.74, 6) is -3.79. The third-order valence-corrected chi connectivity index (χ3v) is 7.79. The lowest BCUT2D eigenvalue weighted by atomic mass is 9.85. The Bertz CT molecular complexity index is 1490. The van der Waals surface area contributed by atoms with Crippen LogP contribution in [0, 0.1) is 5.41 Å². The van der Waals surface area contributed by atoms with E-state index in [1.807, 2.05) is 0 Å². The number of carbonyl (C=O) groups is 2. The molecule has 2 unspecified atom stereocenters. The minimum Gasteiger partial charge on any atom is -0.382 e. The Morgan fingerprint density at radius 1 is 1.28 bits per heavy atom. The van der Waals surface area contributed by atoms with Crippen LogP contribution >= 0.6 is 0 Å². The van der Waals surface area contributed by atoms with E-state index in [2.05, 4.69) is 31.0 Å². The molecule has 43 heavy (non-hydrogen) atoms. The number of halogens is 5. The Kier molecular flexibility index (Phi) is 8.04. The molecule has 0 spiro atoms. The van der Waals surface area contributed by atoms with Crippen molar-refractivity contribution in [2.75, 3.05) is 26.8 Å². The molecule has 1 aliphatic carbocycles. The predicted molar refractivity (Wildman–Crippen MR) is 138 cm³/mol. The van der Waals surface area contributed by atoms with E-state index in [1.54, 1.807) is 0 Å². The van der Waals surface area contributed by atoms with Crippen molar-refractivity contribution >= 4 is 17.6 Å². The fourth-order valence-corrected chi connectivity index (χ4v) is 4.86. The third-order valence-electron chi connectivity index (χ3n) is 7.79. The van der Waals surface area contributed by atoms with Gasteiger partial charge < -0.3 is 20.3 Å². The van der Waals surface area contributed by atoms with Crippen molar-refractivity contribution in [1.29, 1.82) is 0 Å². The molecule has 3 aromatic heterocycles. The molecule has 17 heteroatoms. The first-order valence-corrected chi connectivity index (χ1v) is 13.7. The number of fused-ring (bicyclic) bond motifs is 1. The molecule has 0 radical (unpaired) electrons. The van der Waals surface area contributed by atoms with E-state index >= 15 is 0 Å². The van der Waals surface area contributed by atoms with Gasteiger partial charge in [0.1, 0.15) is 5.69 Å². The second kappa shape index (κ2) is 11.3. The molecule has 1 saturated carbocycles. The summed E-state index contributed by atoms with van der Waals surface area (Å²) in [6, 6.07) is -1.09. The van der Waals surface area contributed by atoms with Gasteiger partial charge in [-0.2, -0.15) is 18.3 Å². The summed E-state index contributed by atoms with van der Waals surface area (Å²) in [4.78, 5) is 31.1. The number of methoxy groups -OCH3 is 1. The Morgan fingerprint density at radius 3 is 2.70 bits per heavy atom. The number of hydrogen-bond donors (Lipinski definition) is 2. The lowest BCUT2D eigenvalue weighted by molar-refractivity contribution is -0.214. The fraction of sp³-hybridized carbons (Fsp3) is 0.615.